The monoisotopic (exact) mass is 287 g/mol. The average molecular weight is 287 g/mol. The van der Waals surface area contributed by atoms with Gasteiger partial charge in [0.25, 0.3) is 0 Å². The number of methoxy groups -OCH3 is 2. The van der Waals surface area contributed by atoms with Crippen molar-refractivity contribution >= 4 is 5.69 Å². The molecule has 0 saturated carbocycles. The molecule has 4 nitrogen and oxygen atoms in total. The molecule has 0 aromatic heterocycles. The van der Waals surface area contributed by atoms with Gasteiger partial charge in [0.1, 0.15) is 12.4 Å². The van der Waals surface area contributed by atoms with Crippen LogP contribution in [0.3, 0.4) is 0 Å². The lowest BCUT2D eigenvalue weighted by Gasteiger charge is -2.14. The molecule has 0 bridgehead atoms. The third kappa shape index (κ3) is 3.40. The first-order valence-corrected chi connectivity index (χ1v) is 6.75. The molecule has 0 aliphatic carbocycles. The third-order valence-electron chi connectivity index (χ3n) is 3.31. The van der Waals surface area contributed by atoms with Gasteiger partial charge in [0.05, 0.1) is 14.2 Å². The first-order chi connectivity index (χ1) is 10.0. The number of nitrogen functional groups attached to an aromatic ring is 1. The number of benzene rings is 2. The first kappa shape index (κ1) is 15.0. The van der Waals surface area contributed by atoms with Crippen LogP contribution in [0.5, 0.6) is 17.2 Å². The molecular formula is C17H21NO3. The smallest absolute Gasteiger partial charge is 0.161 e. The van der Waals surface area contributed by atoms with Gasteiger partial charge in [-0.3, -0.25) is 0 Å². The fourth-order valence-electron chi connectivity index (χ4n) is 2.34. The molecule has 0 saturated heterocycles. The average Bonchev–Trinajstić information content (AvgIpc) is 2.45. The van der Waals surface area contributed by atoms with Crippen LogP contribution in [0.25, 0.3) is 0 Å². The second-order valence-corrected chi connectivity index (χ2v) is 4.96. The second-order valence-electron chi connectivity index (χ2n) is 4.96. The van der Waals surface area contributed by atoms with E-state index in [1.54, 1.807) is 14.2 Å². The van der Waals surface area contributed by atoms with Crippen LogP contribution >= 0.6 is 0 Å². The quantitative estimate of drug-likeness (QED) is 0.855. The standard InChI is InChI=1S/C17H21NO3/c1-11-7-14(18)8-12(2)17(11)21-10-13-5-6-15(19-3)16(9-13)20-4/h5-9H,10,18H2,1-4H3. The first-order valence-electron chi connectivity index (χ1n) is 6.75. The van der Waals surface area contributed by atoms with Crippen LogP contribution in [-0.2, 0) is 6.61 Å². The molecule has 2 N–H and O–H groups in total. The lowest BCUT2D eigenvalue weighted by atomic mass is 10.1. The highest BCUT2D eigenvalue weighted by Gasteiger charge is 2.08. The van der Waals surface area contributed by atoms with Crippen molar-refractivity contribution in [3.8, 4) is 17.2 Å². The van der Waals surface area contributed by atoms with E-state index in [2.05, 4.69) is 0 Å². The van der Waals surface area contributed by atoms with Crippen molar-refractivity contribution in [3.63, 3.8) is 0 Å². The Morgan fingerprint density at radius 3 is 2.10 bits per heavy atom. The van der Waals surface area contributed by atoms with Crippen molar-refractivity contribution in [3.05, 3.63) is 47.0 Å². The fourth-order valence-corrected chi connectivity index (χ4v) is 2.34. The number of rotatable bonds is 5. The molecule has 0 spiro atoms. The van der Waals surface area contributed by atoms with E-state index in [1.165, 1.54) is 0 Å². The predicted octanol–water partition coefficient (Wildman–Crippen LogP) is 3.48. The number of anilines is 1. The van der Waals surface area contributed by atoms with Crippen molar-refractivity contribution < 1.29 is 14.2 Å². The summed E-state index contributed by atoms with van der Waals surface area (Å²) >= 11 is 0. The molecule has 4 heteroatoms. The molecule has 2 rings (SSSR count). The third-order valence-corrected chi connectivity index (χ3v) is 3.31. The highest BCUT2D eigenvalue weighted by Crippen LogP contribution is 2.30. The van der Waals surface area contributed by atoms with Gasteiger partial charge in [-0.15, -0.1) is 0 Å². The number of ether oxygens (including phenoxy) is 3. The summed E-state index contributed by atoms with van der Waals surface area (Å²) in [6, 6.07) is 9.58. The number of aryl methyl sites for hydroxylation is 2. The molecule has 0 aliphatic rings. The van der Waals surface area contributed by atoms with Crippen molar-refractivity contribution in [2.24, 2.45) is 0 Å². The molecule has 0 atom stereocenters. The minimum Gasteiger partial charge on any atom is -0.493 e. The minimum absolute atomic E-state index is 0.464. The Hall–Kier alpha value is -2.36. The Balaban J connectivity index is 2.17. The molecule has 21 heavy (non-hydrogen) atoms. The molecular weight excluding hydrogens is 266 g/mol. The molecule has 0 fully saturated rings. The van der Waals surface area contributed by atoms with Gasteiger partial charge in [0, 0.05) is 5.69 Å². The molecule has 2 aromatic carbocycles. The predicted molar refractivity (Wildman–Crippen MR) is 84.2 cm³/mol. The summed E-state index contributed by atoms with van der Waals surface area (Å²) in [5.41, 5.74) is 9.66. The van der Waals surface area contributed by atoms with Gasteiger partial charge >= 0.3 is 0 Å². The summed E-state index contributed by atoms with van der Waals surface area (Å²) in [4.78, 5) is 0. The lowest BCUT2D eigenvalue weighted by molar-refractivity contribution is 0.300. The van der Waals surface area contributed by atoms with E-state index < -0.39 is 0 Å². The summed E-state index contributed by atoms with van der Waals surface area (Å²) in [6.07, 6.45) is 0. The van der Waals surface area contributed by atoms with E-state index in [0.717, 1.165) is 28.1 Å². The van der Waals surface area contributed by atoms with Crippen molar-refractivity contribution in [2.45, 2.75) is 20.5 Å². The topological polar surface area (TPSA) is 53.7 Å². The summed E-state index contributed by atoms with van der Waals surface area (Å²) in [7, 11) is 3.24. The highest BCUT2D eigenvalue weighted by molar-refractivity contribution is 5.52. The van der Waals surface area contributed by atoms with Crippen LogP contribution in [0, 0.1) is 13.8 Å². The normalized spacial score (nSPS) is 10.3. The van der Waals surface area contributed by atoms with E-state index in [9.17, 15) is 0 Å². The van der Waals surface area contributed by atoms with Gasteiger partial charge in [0.2, 0.25) is 0 Å². The van der Waals surface area contributed by atoms with E-state index in [4.69, 9.17) is 19.9 Å². The zero-order chi connectivity index (χ0) is 15.4. The SMILES string of the molecule is COc1ccc(COc2c(C)cc(N)cc2C)cc1OC. The van der Waals surface area contributed by atoms with Crippen LogP contribution in [-0.4, -0.2) is 14.2 Å². The molecule has 0 amide bonds. The number of nitrogens with two attached hydrogens (primary N) is 1. The van der Waals surface area contributed by atoms with Crippen LogP contribution < -0.4 is 19.9 Å². The van der Waals surface area contributed by atoms with Gasteiger partial charge in [-0.2, -0.15) is 0 Å². The van der Waals surface area contributed by atoms with Gasteiger partial charge in [-0.05, 0) is 54.8 Å². The highest BCUT2D eigenvalue weighted by atomic mass is 16.5. The Bertz CT molecular complexity index is 615. The van der Waals surface area contributed by atoms with Crippen LogP contribution in [0.4, 0.5) is 5.69 Å². The molecule has 0 heterocycles. The van der Waals surface area contributed by atoms with Crippen LogP contribution in [0.15, 0.2) is 30.3 Å². The van der Waals surface area contributed by atoms with Crippen molar-refractivity contribution in [1.82, 2.24) is 0 Å². The van der Waals surface area contributed by atoms with Crippen LogP contribution in [0.1, 0.15) is 16.7 Å². The van der Waals surface area contributed by atoms with Crippen molar-refractivity contribution in [2.75, 3.05) is 20.0 Å². The van der Waals surface area contributed by atoms with Crippen LogP contribution in [0.2, 0.25) is 0 Å². The maximum atomic E-state index is 5.93. The van der Waals surface area contributed by atoms with E-state index >= 15 is 0 Å². The van der Waals surface area contributed by atoms with E-state index in [1.807, 2.05) is 44.2 Å². The summed E-state index contributed by atoms with van der Waals surface area (Å²) in [5, 5.41) is 0. The number of hydrogen-bond acceptors (Lipinski definition) is 4. The Labute approximate surface area is 125 Å². The molecule has 2 aromatic rings. The van der Waals surface area contributed by atoms with Crippen molar-refractivity contribution in [1.29, 1.82) is 0 Å². The van der Waals surface area contributed by atoms with Gasteiger partial charge in [-0.1, -0.05) is 6.07 Å². The minimum atomic E-state index is 0.464. The Morgan fingerprint density at radius 2 is 1.52 bits per heavy atom. The molecule has 0 unspecified atom stereocenters. The summed E-state index contributed by atoms with van der Waals surface area (Å²) < 4.78 is 16.5. The maximum Gasteiger partial charge on any atom is 0.161 e. The zero-order valence-corrected chi connectivity index (χ0v) is 12.9. The molecule has 112 valence electrons. The Kier molecular flexibility index (Phi) is 4.58. The lowest BCUT2D eigenvalue weighted by Crippen LogP contribution is -2.01. The molecule has 0 radical (unpaired) electrons. The van der Waals surface area contributed by atoms with E-state index in [-0.39, 0.29) is 0 Å². The summed E-state index contributed by atoms with van der Waals surface area (Å²) in [5.74, 6) is 2.28. The molecule has 0 aliphatic heterocycles. The van der Waals surface area contributed by atoms with Gasteiger partial charge < -0.3 is 19.9 Å². The number of hydrogen-bond donors (Lipinski definition) is 1. The second kappa shape index (κ2) is 6.39. The van der Waals surface area contributed by atoms with E-state index in [0.29, 0.717) is 18.1 Å². The summed E-state index contributed by atoms with van der Waals surface area (Å²) in [6.45, 7) is 4.45. The zero-order valence-electron chi connectivity index (χ0n) is 12.9. The fraction of sp³-hybridized carbons (Fsp3) is 0.294. The van der Waals surface area contributed by atoms with Gasteiger partial charge in [0.15, 0.2) is 11.5 Å². The maximum absolute atomic E-state index is 5.93. The largest absolute Gasteiger partial charge is 0.493 e. The van der Waals surface area contributed by atoms with Gasteiger partial charge in [-0.25, -0.2) is 0 Å². The Morgan fingerprint density at radius 1 is 0.905 bits per heavy atom.